The fourth-order valence-corrected chi connectivity index (χ4v) is 2.63. The van der Waals surface area contributed by atoms with Gasteiger partial charge in [-0.2, -0.15) is 5.10 Å². The van der Waals surface area contributed by atoms with Gasteiger partial charge in [-0.1, -0.05) is 60.7 Å². The zero-order valence-corrected chi connectivity index (χ0v) is 13.3. The molecule has 0 atom stereocenters. The summed E-state index contributed by atoms with van der Waals surface area (Å²) < 4.78 is 5.78. The predicted molar refractivity (Wildman–Crippen MR) is 96.4 cm³/mol. The molecule has 0 aliphatic carbocycles. The highest BCUT2D eigenvalue weighted by Gasteiger charge is 2.11. The van der Waals surface area contributed by atoms with Gasteiger partial charge in [0, 0.05) is 11.6 Å². The van der Waals surface area contributed by atoms with Gasteiger partial charge in [-0.05, 0) is 11.6 Å². The minimum Gasteiger partial charge on any atom is -0.473 e. The second kappa shape index (κ2) is 6.57. The topological polar surface area (TPSA) is 67.9 Å². The summed E-state index contributed by atoms with van der Waals surface area (Å²) in [6.45, 7) is 0.413. The van der Waals surface area contributed by atoms with Crippen LogP contribution in [0.5, 0.6) is 5.88 Å². The van der Waals surface area contributed by atoms with E-state index >= 15 is 0 Å². The van der Waals surface area contributed by atoms with Crippen LogP contribution in [0, 0.1) is 0 Å². The summed E-state index contributed by atoms with van der Waals surface area (Å²) >= 11 is 0. The highest BCUT2D eigenvalue weighted by atomic mass is 16.5. The standard InChI is InChI=1S/C20H15N3O2/c24-20-16-11-12-17(25-13-14-7-3-1-4-8-14)21-19(16)18(22-23-20)15-9-5-2-6-10-15/h1-12H,13H2,(H,23,24). The van der Waals surface area contributed by atoms with Crippen molar-refractivity contribution >= 4 is 10.9 Å². The molecule has 0 aliphatic heterocycles. The highest BCUT2D eigenvalue weighted by molar-refractivity contribution is 5.90. The second-order valence-corrected chi connectivity index (χ2v) is 5.59. The minimum atomic E-state index is -0.267. The predicted octanol–water partition coefficient (Wildman–Crippen LogP) is 3.56. The molecule has 2 aromatic carbocycles. The molecular formula is C20H15N3O2. The van der Waals surface area contributed by atoms with E-state index in [-0.39, 0.29) is 5.56 Å². The van der Waals surface area contributed by atoms with Crippen LogP contribution in [0.4, 0.5) is 0 Å². The Morgan fingerprint density at radius 2 is 1.60 bits per heavy atom. The van der Waals surface area contributed by atoms with Gasteiger partial charge in [0.25, 0.3) is 5.56 Å². The molecule has 4 rings (SSSR count). The Hall–Kier alpha value is -3.47. The van der Waals surface area contributed by atoms with E-state index in [1.165, 1.54) is 0 Å². The largest absolute Gasteiger partial charge is 0.473 e. The summed E-state index contributed by atoms with van der Waals surface area (Å²) in [7, 11) is 0. The molecular weight excluding hydrogens is 314 g/mol. The number of rotatable bonds is 4. The molecule has 2 heterocycles. The Balaban J connectivity index is 1.75. The third-order valence-corrected chi connectivity index (χ3v) is 3.88. The van der Waals surface area contributed by atoms with E-state index in [4.69, 9.17) is 4.74 Å². The smallest absolute Gasteiger partial charge is 0.273 e. The van der Waals surface area contributed by atoms with E-state index < -0.39 is 0 Å². The Bertz CT molecular complexity index is 1060. The third-order valence-electron chi connectivity index (χ3n) is 3.88. The molecule has 0 radical (unpaired) electrons. The number of nitrogens with one attached hydrogen (secondary N) is 1. The van der Waals surface area contributed by atoms with E-state index in [1.54, 1.807) is 12.1 Å². The van der Waals surface area contributed by atoms with Crippen LogP contribution in [0.1, 0.15) is 5.56 Å². The van der Waals surface area contributed by atoms with E-state index in [0.717, 1.165) is 11.1 Å². The molecule has 0 spiro atoms. The molecule has 25 heavy (non-hydrogen) atoms. The summed E-state index contributed by atoms with van der Waals surface area (Å²) in [5.74, 6) is 0.459. The van der Waals surface area contributed by atoms with Gasteiger partial charge >= 0.3 is 0 Å². The van der Waals surface area contributed by atoms with Crippen molar-refractivity contribution in [3.63, 3.8) is 0 Å². The van der Waals surface area contributed by atoms with Crippen LogP contribution in [0.3, 0.4) is 0 Å². The zero-order valence-electron chi connectivity index (χ0n) is 13.3. The van der Waals surface area contributed by atoms with Crippen molar-refractivity contribution < 1.29 is 4.74 Å². The number of H-pyrrole nitrogens is 1. The molecule has 5 heteroatoms. The van der Waals surface area contributed by atoms with Gasteiger partial charge in [0.2, 0.25) is 5.88 Å². The number of hydrogen-bond donors (Lipinski definition) is 1. The Kier molecular flexibility index (Phi) is 3.96. The first-order valence-corrected chi connectivity index (χ1v) is 7.93. The summed E-state index contributed by atoms with van der Waals surface area (Å²) in [4.78, 5) is 16.6. The van der Waals surface area contributed by atoms with Gasteiger partial charge in [0.1, 0.15) is 17.8 Å². The lowest BCUT2D eigenvalue weighted by Gasteiger charge is -2.08. The quantitative estimate of drug-likeness (QED) is 0.621. The van der Waals surface area contributed by atoms with Crippen molar-refractivity contribution in [3.8, 4) is 17.1 Å². The lowest BCUT2D eigenvalue weighted by atomic mass is 10.1. The first kappa shape index (κ1) is 15.1. The van der Waals surface area contributed by atoms with Crippen molar-refractivity contribution in [2.45, 2.75) is 6.61 Å². The molecule has 1 N–H and O–H groups in total. The van der Waals surface area contributed by atoms with E-state index in [0.29, 0.717) is 29.1 Å². The number of aromatic amines is 1. The summed E-state index contributed by atoms with van der Waals surface area (Å²) in [5.41, 5.74) is 2.82. The maximum absolute atomic E-state index is 12.1. The Morgan fingerprint density at radius 1 is 0.880 bits per heavy atom. The van der Waals surface area contributed by atoms with Gasteiger partial charge in [-0.25, -0.2) is 10.1 Å². The van der Waals surface area contributed by atoms with E-state index in [2.05, 4.69) is 15.2 Å². The van der Waals surface area contributed by atoms with Crippen LogP contribution < -0.4 is 10.3 Å². The Labute approximate surface area is 143 Å². The summed E-state index contributed by atoms with van der Waals surface area (Å²) in [6.07, 6.45) is 0. The first-order valence-electron chi connectivity index (χ1n) is 7.93. The van der Waals surface area contributed by atoms with Gasteiger partial charge in [-0.15, -0.1) is 0 Å². The number of pyridine rings is 1. The maximum atomic E-state index is 12.1. The van der Waals surface area contributed by atoms with Crippen molar-refractivity contribution in [1.29, 1.82) is 0 Å². The van der Waals surface area contributed by atoms with Crippen LogP contribution >= 0.6 is 0 Å². The molecule has 0 saturated carbocycles. The van der Waals surface area contributed by atoms with Crippen molar-refractivity contribution in [3.05, 3.63) is 88.7 Å². The first-order chi connectivity index (χ1) is 12.3. The van der Waals surface area contributed by atoms with Crippen molar-refractivity contribution in [2.75, 3.05) is 0 Å². The minimum absolute atomic E-state index is 0.267. The molecule has 122 valence electrons. The van der Waals surface area contributed by atoms with Crippen molar-refractivity contribution in [1.82, 2.24) is 15.2 Å². The van der Waals surface area contributed by atoms with Crippen LogP contribution in [0.2, 0.25) is 0 Å². The molecule has 0 bridgehead atoms. The summed E-state index contributed by atoms with van der Waals surface area (Å²) in [6, 6.07) is 22.9. The molecule has 4 aromatic rings. The molecule has 0 aliphatic rings. The average Bonchev–Trinajstić information content (AvgIpc) is 2.68. The molecule has 0 saturated heterocycles. The number of benzene rings is 2. The second-order valence-electron chi connectivity index (χ2n) is 5.59. The molecule has 0 amide bonds. The van der Waals surface area contributed by atoms with Crippen LogP contribution in [0.15, 0.2) is 77.6 Å². The fourth-order valence-electron chi connectivity index (χ4n) is 2.63. The average molecular weight is 329 g/mol. The van der Waals surface area contributed by atoms with Crippen LogP contribution in [-0.2, 0) is 6.61 Å². The third kappa shape index (κ3) is 3.12. The monoisotopic (exact) mass is 329 g/mol. The van der Waals surface area contributed by atoms with Crippen LogP contribution in [-0.4, -0.2) is 15.2 Å². The zero-order chi connectivity index (χ0) is 17.1. The Morgan fingerprint density at radius 3 is 2.36 bits per heavy atom. The molecule has 0 fully saturated rings. The number of hydrogen-bond acceptors (Lipinski definition) is 4. The van der Waals surface area contributed by atoms with Gasteiger partial charge < -0.3 is 4.74 Å². The van der Waals surface area contributed by atoms with Crippen molar-refractivity contribution in [2.24, 2.45) is 0 Å². The lowest BCUT2D eigenvalue weighted by Crippen LogP contribution is -2.10. The fraction of sp³-hybridized carbons (Fsp3) is 0.0500. The van der Waals surface area contributed by atoms with Gasteiger partial charge in [0.05, 0.1) is 5.39 Å². The number of nitrogens with zero attached hydrogens (tertiary/aromatic N) is 2. The van der Waals surface area contributed by atoms with Gasteiger partial charge in [-0.3, -0.25) is 4.79 Å². The van der Waals surface area contributed by atoms with E-state index in [9.17, 15) is 4.79 Å². The normalized spacial score (nSPS) is 10.7. The van der Waals surface area contributed by atoms with Crippen LogP contribution in [0.25, 0.3) is 22.2 Å². The highest BCUT2D eigenvalue weighted by Crippen LogP contribution is 2.24. The number of fused-ring (bicyclic) bond motifs is 1. The maximum Gasteiger partial charge on any atom is 0.273 e. The molecule has 5 nitrogen and oxygen atoms in total. The molecule has 0 unspecified atom stereocenters. The van der Waals surface area contributed by atoms with E-state index in [1.807, 2.05) is 60.7 Å². The molecule has 2 aromatic heterocycles. The SMILES string of the molecule is O=c1[nH]nc(-c2ccccc2)c2nc(OCc3ccccc3)ccc12. The lowest BCUT2D eigenvalue weighted by molar-refractivity contribution is 0.295. The number of ether oxygens (including phenoxy) is 1. The summed E-state index contributed by atoms with van der Waals surface area (Å²) in [5, 5.41) is 7.20. The number of aromatic nitrogens is 3. The van der Waals surface area contributed by atoms with Gasteiger partial charge in [0.15, 0.2) is 0 Å².